The number of rotatable bonds is 7. The van der Waals surface area contributed by atoms with Gasteiger partial charge in [-0.05, 0) is 26.1 Å². The first-order valence-corrected chi connectivity index (χ1v) is 11.3. The maximum atomic E-state index is 14.1. The molecule has 0 radical (unpaired) electrons. The van der Waals surface area contributed by atoms with E-state index in [9.17, 15) is 14.3 Å². The van der Waals surface area contributed by atoms with Gasteiger partial charge in [-0.15, -0.1) is 0 Å². The van der Waals surface area contributed by atoms with E-state index < -0.39 is 0 Å². The topological polar surface area (TPSA) is 75.1 Å². The fraction of sp³-hybridized carbons (Fsp3) is 0.462. The van der Waals surface area contributed by atoms with Gasteiger partial charge in [-0.2, -0.15) is 0 Å². The highest BCUT2D eigenvalue weighted by Crippen LogP contribution is 2.27. The number of hydrogen-bond donors (Lipinski definition) is 1. The van der Waals surface area contributed by atoms with Crippen LogP contribution in [0, 0.1) is 23.6 Å². The summed E-state index contributed by atoms with van der Waals surface area (Å²) in [5, 5.41) is 9.78. The van der Waals surface area contributed by atoms with E-state index in [0.29, 0.717) is 36.3 Å². The van der Waals surface area contributed by atoms with E-state index in [1.165, 1.54) is 6.07 Å². The number of pyridine rings is 1. The molecule has 1 aliphatic rings. The number of aliphatic hydroxyl groups excluding tert-OH is 1. The maximum Gasteiger partial charge on any atom is 0.259 e. The van der Waals surface area contributed by atoms with Crippen molar-refractivity contribution in [2.75, 3.05) is 40.5 Å². The number of carbonyl (C=O) groups is 1. The van der Waals surface area contributed by atoms with E-state index in [1.807, 2.05) is 31.9 Å². The number of aliphatic hydroxyl groups is 1. The van der Waals surface area contributed by atoms with Crippen molar-refractivity contribution < 1.29 is 23.8 Å². The molecular formula is C26H32FN3O4. The second kappa shape index (κ2) is 11.9. The second-order valence-electron chi connectivity index (χ2n) is 8.72. The number of likely N-dealkylation sites (N-methyl/N-ethyl adjacent to an activating group) is 1. The fourth-order valence-corrected chi connectivity index (χ4v) is 3.89. The Kier molecular flexibility index (Phi) is 8.99. The molecule has 1 N–H and O–H groups in total. The largest absolute Gasteiger partial charge is 0.472 e. The van der Waals surface area contributed by atoms with Crippen LogP contribution in [0.4, 0.5) is 4.39 Å². The first kappa shape index (κ1) is 25.6. The lowest BCUT2D eigenvalue weighted by atomic mass is 9.99. The van der Waals surface area contributed by atoms with Gasteiger partial charge >= 0.3 is 0 Å². The van der Waals surface area contributed by atoms with Gasteiger partial charge in [-0.25, -0.2) is 9.37 Å². The number of fused-ring (bicyclic) bond motifs is 1. The first-order valence-electron chi connectivity index (χ1n) is 11.3. The minimum absolute atomic E-state index is 0.0582. The van der Waals surface area contributed by atoms with Crippen LogP contribution in [-0.2, 0) is 11.3 Å². The molecule has 0 aliphatic carbocycles. The Morgan fingerprint density at radius 2 is 2.18 bits per heavy atom. The van der Waals surface area contributed by atoms with E-state index in [4.69, 9.17) is 9.47 Å². The van der Waals surface area contributed by atoms with Crippen molar-refractivity contribution in [3.05, 3.63) is 59.0 Å². The van der Waals surface area contributed by atoms with Crippen molar-refractivity contribution >= 4 is 5.91 Å². The van der Waals surface area contributed by atoms with E-state index in [1.54, 1.807) is 36.4 Å². The number of amides is 1. The minimum atomic E-state index is -0.374. The number of methoxy groups -OCH3 is 1. The number of halogens is 1. The first-order chi connectivity index (χ1) is 16.3. The highest BCUT2D eigenvalue weighted by Gasteiger charge is 2.34. The summed E-state index contributed by atoms with van der Waals surface area (Å²) in [6.45, 7) is 5.24. The molecule has 0 bridgehead atoms. The van der Waals surface area contributed by atoms with E-state index in [0.717, 1.165) is 0 Å². The molecule has 0 fully saturated rings. The van der Waals surface area contributed by atoms with Crippen LogP contribution in [0.2, 0.25) is 0 Å². The third kappa shape index (κ3) is 6.32. The zero-order valence-corrected chi connectivity index (χ0v) is 20.1. The summed E-state index contributed by atoms with van der Waals surface area (Å²) in [7, 11) is 3.47. The number of aromatic nitrogens is 1. The summed E-state index contributed by atoms with van der Waals surface area (Å²) >= 11 is 0. The Balaban J connectivity index is 1.90. The molecule has 182 valence electrons. The summed E-state index contributed by atoms with van der Waals surface area (Å²) in [5.74, 6) is 5.46. The Bertz CT molecular complexity index is 1050. The molecule has 1 aromatic carbocycles. The molecule has 2 aromatic rings. The van der Waals surface area contributed by atoms with Crippen molar-refractivity contribution in [3.63, 3.8) is 0 Å². The molecule has 3 atom stereocenters. The van der Waals surface area contributed by atoms with Crippen LogP contribution >= 0.6 is 0 Å². The summed E-state index contributed by atoms with van der Waals surface area (Å²) in [5.41, 5.74) is 1.48. The zero-order valence-electron chi connectivity index (χ0n) is 20.1. The highest BCUT2D eigenvalue weighted by molar-refractivity contribution is 5.97. The predicted molar refractivity (Wildman–Crippen MR) is 127 cm³/mol. The number of nitrogens with zero attached hydrogens (tertiary/aromatic N) is 3. The molecule has 34 heavy (non-hydrogen) atoms. The molecule has 0 unspecified atom stereocenters. The Morgan fingerprint density at radius 1 is 1.41 bits per heavy atom. The summed E-state index contributed by atoms with van der Waals surface area (Å²) in [4.78, 5) is 21.5. The molecule has 0 saturated heterocycles. The molecule has 8 heteroatoms. The molecule has 0 spiro atoms. The van der Waals surface area contributed by atoms with Crippen LogP contribution in [-0.4, -0.2) is 78.4 Å². The van der Waals surface area contributed by atoms with Crippen LogP contribution in [0.3, 0.4) is 0 Å². The van der Waals surface area contributed by atoms with Gasteiger partial charge in [0.05, 0.1) is 12.6 Å². The number of benzene rings is 1. The lowest BCUT2D eigenvalue weighted by molar-refractivity contribution is 0.0324. The smallest absolute Gasteiger partial charge is 0.259 e. The molecule has 1 aliphatic heterocycles. The third-order valence-corrected chi connectivity index (χ3v) is 5.86. The van der Waals surface area contributed by atoms with Crippen LogP contribution in [0.25, 0.3) is 0 Å². The zero-order chi connectivity index (χ0) is 24.7. The monoisotopic (exact) mass is 469 g/mol. The minimum Gasteiger partial charge on any atom is -0.472 e. The van der Waals surface area contributed by atoms with Gasteiger partial charge in [-0.1, -0.05) is 37.0 Å². The van der Waals surface area contributed by atoms with Crippen molar-refractivity contribution in [2.24, 2.45) is 5.92 Å². The van der Waals surface area contributed by atoms with Gasteiger partial charge in [0.25, 0.3) is 5.91 Å². The molecule has 1 aromatic heterocycles. The summed E-state index contributed by atoms with van der Waals surface area (Å²) in [6.07, 6.45) is 1.26. The van der Waals surface area contributed by atoms with Crippen LogP contribution in [0.5, 0.6) is 5.88 Å². The third-order valence-electron chi connectivity index (χ3n) is 5.86. The van der Waals surface area contributed by atoms with Crippen molar-refractivity contribution in [1.29, 1.82) is 0 Å². The summed E-state index contributed by atoms with van der Waals surface area (Å²) < 4.78 is 25.4. The van der Waals surface area contributed by atoms with Gasteiger partial charge in [0.2, 0.25) is 5.88 Å². The molecule has 3 rings (SSSR count). The standard InChI is InChI=1S/C26H32FN3O4/c1-18-14-30(19(2)17-31)26(32)22-12-20(8-7-11-33-4)13-28-25(22)34-24(18)16-29(3)15-21-9-5-6-10-23(21)27/h5-6,9-10,12-13,18-19,24,31H,11,14-17H2,1-4H3/t18-,19-,24+/m1/s1. The molecule has 0 saturated carbocycles. The van der Waals surface area contributed by atoms with Crippen molar-refractivity contribution in [3.8, 4) is 17.7 Å². The Morgan fingerprint density at radius 3 is 2.88 bits per heavy atom. The lowest BCUT2D eigenvalue weighted by Crippen LogP contribution is -2.49. The molecule has 2 heterocycles. The summed E-state index contributed by atoms with van der Waals surface area (Å²) in [6, 6.07) is 7.99. The SMILES string of the molecule is COCC#Cc1cnc2c(c1)C(=O)N([C@H](C)CO)C[C@@H](C)[C@H](CN(C)Cc1ccccc1F)O2. The number of ether oxygens (including phenoxy) is 2. The second-order valence-corrected chi connectivity index (χ2v) is 8.72. The van der Waals surface area contributed by atoms with Crippen LogP contribution in [0.1, 0.15) is 35.3 Å². The van der Waals surface area contributed by atoms with Crippen LogP contribution in [0.15, 0.2) is 36.5 Å². The Hall–Kier alpha value is -2.99. The van der Waals surface area contributed by atoms with Gasteiger partial charge in [0, 0.05) is 50.0 Å². The van der Waals surface area contributed by atoms with E-state index in [2.05, 4.69) is 16.8 Å². The highest BCUT2D eigenvalue weighted by atomic mass is 19.1. The van der Waals surface area contributed by atoms with Gasteiger partial charge in [0.1, 0.15) is 24.1 Å². The molecule has 7 nitrogen and oxygen atoms in total. The normalized spacial score (nSPS) is 18.9. The maximum absolute atomic E-state index is 14.1. The predicted octanol–water partition coefficient (Wildman–Crippen LogP) is 2.57. The average molecular weight is 470 g/mol. The van der Waals surface area contributed by atoms with Crippen molar-refractivity contribution in [1.82, 2.24) is 14.8 Å². The average Bonchev–Trinajstić information content (AvgIpc) is 2.82. The van der Waals surface area contributed by atoms with Gasteiger partial charge < -0.3 is 19.5 Å². The molecule has 1 amide bonds. The molecular weight excluding hydrogens is 437 g/mol. The van der Waals surface area contributed by atoms with Gasteiger partial charge in [0.15, 0.2) is 0 Å². The fourth-order valence-electron chi connectivity index (χ4n) is 3.89. The van der Waals surface area contributed by atoms with E-state index >= 15 is 0 Å². The van der Waals surface area contributed by atoms with Crippen LogP contribution < -0.4 is 4.74 Å². The van der Waals surface area contributed by atoms with Crippen molar-refractivity contribution in [2.45, 2.75) is 32.5 Å². The number of hydrogen-bond acceptors (Lipinski definition) is 6. The quantitative estimate of drug-likeness (QED) is 0.629. The Labute approximate surface area is 200 Å². The lowest BCUT2D eigenvalue weighted by Gasteiger charge is -2.37. The van der Waals surface area contributed by atoms with E-state index in [-0.39, 0.29) is 48.9 Å². The number of carbonyl (C=O) groups excluding carboxylic acids is 1. The van der Waals surface area contributed by atoms with Gasteiger partial charge in [-0.3, -0.25) is 9.69 Å².